The quantitative estimate of drug-likeness (QED) is 0.637. The number of unbranched alkanes of at least 4 members (excludes halogenated alkanes) is 1. The largest absolute Gasteiger partial charge is 0.383 e. The Bertz CT molecular complexity index is 81.3. The van der Waals surface area contributed by atoms with E-state index in [-0.39, 0.29) is 5.54 Å². The molecule has 0 heterocycles. The van der Waals surface area contributed by atoms with Crippen molar-refractivity contribution in [2.45, 2.75) is 38.6 Å². The number of rotatable bonds is 5. The Hall–Kier alpha value is -0.0800. The maximum absolute atomic E-state index is 5.89. The van der Waals surface area contributed by atoms with Crippen molar-refractivity contribution >= 4 is 0 Å². The fraction of sp³-hybridized carbons (Fsp3) is 1.00. The van der Waals surface area contributed by atoms with Gasteiger partial charge in [0.2, 0.25) is 0 Å². The highest BCUT2D eigenvalue weighted by atomic mass is 16.5. The maximum Gasteiger partial charge on any atom is 0.0639 e. The van der Waals surface area contributed by atoms with Crippen LogP contribution in [0.15, 0.2) is 0 Å². The molecular weight excluding hydrogens is 126 g/mol. The highest BCUT2D eigenvalue weighted by Gasteiger charge is 2.16. The van der Waals surface area contributed by atoms with Crippen molar-refractivity contribution in [3.05, 3.63) is 0 Å². The first-order chi connectivity index (χ1) is 4.62. The summed E-state index contributed by atoms with van der Waals surface area (Å²) in [4.78, 5) is 0. The predicted molar refractivity (Wildman–Crippen MR) is 44.0 cm³/mol. The third kappa shape index (κ3) is 4.77. The molecule has 0 spiro atoms. The first kappa shape index (κ1) is 9.92. The molecule has 1 atom stereocenters. The van der Waals surface area contributed by atoms with E-state index in [1.807, 2.05) is 6.92 Å². The lowest BCUT2D eigenvalue weighted by atomic mass is 9.98. The van der Waals surface area contributed by atoms with Crippen molar-refractivity contribution in [1.29, 1.82) is 0 Å². The normalized spacial score (nSPS) is 16.8. The number of hydrogen-bond donors (Lipinski definition) is 1. The predicted octanol–water partition coefficient (Wildman–Crippen LogP) is 1.54. The standard InChI is InChI=1S/C8H19NO/c1-4-5-6-8(2,9)7-10-3/h4-7,9H2,1-3H3/t8-/m1/s1. The minimum atomic E-state index is -0.120. The van der Waals surface area contributed by atoms with Crippen LogP contribution in [0.5, 0.6) is 0 Å². The van der Waals surface area contributed by atoms with Gasteiger partial charge in [-0.2, -0.15) is 0 Å². The molecule has 2 nitrogen and oxygen atoms in total. The Morgan fingerprint density at radius 1 is 1.50 bits per heavy atom. The van der Waals surface area contributed by atoms with Crippen molar-refractivity contribution in [3.63, 3.8) is 0 Å². The Morgan fingerprint density at radius 2 is 2.10 bits per heavy atom. The van der Waals surface area contributed by atoms with Gasteiger partial charge >= 0.3 is 0 Å². The molecule has 2 heteroatoms. The number of methoxy groups -OCH3 is 1. The minimum absolute atomic E-state index is 0.120. The van der Waals surface area contributed by atoms with E-state index in [9.17, 15) is 0 Å². The molecule has 2 N–H and O–H groups in total. The van der Waals surface area contributed by atoms with Crippen LogP contribution in [0.4, 0.5) is 0 Å². The van der Waals surface area contributed by atoms with Gasteiger partial charge in [-0.25, -0.2) is 0 Å². The summed E-state index contributed by atoms with van der Waals surface area (Å²) in [5.74, 6) is 0. The molecule has 0 aromatic rings. The van der Waals surface area contributed by atoms with Gasteiger partial charge in [-0.05, 0) is 13.3 Å². The van der Waals surface area contributed by atoms with Crippen LogP contribution >= 0.6 is 0 Å². The molecule has 0 aromatic carbocycles. The highest BCUT2D eigenvalue weighted by molar-refractivity contribution is 4.77. The Morgan fingerprint density at radius 3 is 2.50 bits per heavy atom. The molecular formula is C8H19NO. The van der Waals surface area contributed by atoms with E-state index in [1.165, 1.54) is 12.8 Å². The fourth-order valence-electron chi connectivity index (χ4n) is 0.983. The van der Waals surface area contributed by atoms with Crippen molar-refractivity contribution < 1.29 is 4.74 Å². The maximum atomic E-state index is 5.89. The second kappa shape index (κ2) is 4.69. The summed E-state index contributed by atoms with van der Waals surface area (Å²) in [6, 6.07) is 0. The molecule has 0 radical (unpaired) electrons. The lowest BCUT2D eigenvalue weighted by Gasteiger charge is -2.22. The highest BCUT2D eigenvalue weighted by Crippen LogP contribution is 2.09. The molecule has 10 heavy (non-hydrogen) atoms. The second-order valence-electron chi connectivity index (χ2n) is 3.19. The van der Waals surface area contributed by atoms with Gasteiger partial charge < -0.3 is 10.5 Å². The monoisotopic (exact) mass is 145 g/mol. The van der Waals surface area contributed by atoms with Crippen LogP contribution in [0.2, 0.25) is 0 Å². The lowest BCUT2D eigenvalue weighted by molar-refractivity contribution is 0.135. The number of hydrogen-bond acceptors (Lipinski definition) is 2. The van der Waals surface area contributed by atoms with Gasteiger partial charge in [0.1, 0.15) is 0 Å². The van der Waals surface area contributed by atoms with E-state index in [0.717, 1.165) is 6.42 Å². The van der Waals surface area contributed by atoms with E-state index in [0.29, 0.717) is 6.61 Å². The third-order valence-corrected chi connectivity index (χ3v) is 1.58. The molecule has 0 aliphatic rings. The molecule has 0 rings (SSSR count). The third-order valence-electron chi connectivity index (χ3n) is 1.58. The van der Waals surface area contributed by atoms with E-state index >= 15 is 0 Å². The van der Waals surface area contributed by atoms with E-state index in [2.05, 4.69) is 6.92 Å². The Balaban J connectivity index is 3.42. The van der Waals surface area contributed by atoms with Gasteiger partial charge in [0.15, 0.2) is 0 Å². The van der Waals surface area contributed by atoms with Crippen LogP contribution in [0.1, 0.15) is 33.1 Å². The second-order valence-corrected chi connectivity index (χ2v) is 3.19. The van der Waals surface area contributed by atoms with Crippen LogP contribution in [-0.2, 0) is 4.74 Å². The molecule has 0 aromatic heterocycles. The van der Waals surface area contributed by atoms with E-state index in [4.69, 9.17) is 10.5 Å². The van der Waals surface area contributed by atoms with Crippen molar-refractivity contribution in [3.8, 4) is 0 Å². The van der Waals surface area contributed by atoms with Crippen molar-refractivity contribution in [2.24, 2.45) is 5.73 Å². The molecule has 0 saturated carbocycles. The fourth-order valence-corrected chi connectivity index (χ4v) is 0.983. The zero-order chi connectivity index (χ0) is 8.04. The summed E-state index contributed by atoms with van der Waals surface area (Å²) in [7, 11) is 1.69. The average Bonchev–Trinajstić information content (AvgIpc) is 1.84. The van der Waals surface area contributed by atoms with Crippen molar-refractivity contribution in [2.75, 3.05) is 13.7 Å². The smallest absolute Gasteiger partial charge is 0.0639 e. The number of ether oxygens (including phenoxy) is 1. The molecule has 0 unspecified atom stereocenters. The number of nitrogens with two attached hydrogens (primary N) is 1. The zero-order valence-electron chi connectivity index (χ0n) is 7.31. The van der Waals surface area contributed by atoms with E-state index < -0.39 is 0 Å². The molecule has 0 aliphatic heterocycles. The first-order valence-electron chi connectivity index (χ1n) is 3.90. The summed E-state index contributed by atoms with van der Waals surface area (Å²) < 4.78 is 4.98. The summed E-state index contributed by atoms with van der Waals surface area (Å²) in [6.07, 6.45) is 3.45. The minimum Gasteiger partial charge on any atom is -0.383 e. The van der Waals surface area contributed by atoms with Gasteiger partial charge in [-0.1, -0.05) is 19.8 Å². The average molecular weight is 145 g/mol. The topological polar surface area (TPSA) is 35.2 Å². The van der Waals surface area contributed by atoms with Gasteiger partial charge in [0, 0.05) is 12.6 Å². The van der Waals surface area contributed by atoms with Gasteiger partial charge in [-0.15, -0.1) is 0 Å². The molecule has 0 fully saturated rings. The molecule has 0 amide bonds. The molecule has 0 aliphatic carbocycles. The summed E-state index contributed by atoms with van der Waals surface area (Å²) in [6.45, 7) is 4.86. The summed E-state index contributed by atoms with van der Waals surface area (Å²) in [5.41, 5.74) is 5.77. The van der Waals surface area contributed by atoms with Crippen LogP contribution in [0.3, 0.4) is 0 Å². The van der Waals surface area contributed by atoms with E-state index in [1.54, 1.807) is 7.11 Å². The molecule has 62 valence electrons. The first-order valence-corrected chi connectivity index (χ1v) is 3.90. The molecule has 0 saturated heterocycles. The summed E-state index contributed by atoms with van der Waals surface area (Å²) in [5, 5.41) is 0. The lowest BCUT2D eigenvalue weighted by Crippen LogP contribution is -2.40. The van der Waals surface area contributed by atoms with Crippen LogP contribution < -0.4 is 5.73 Å². The summed E-state index contributed by atoms with van der Waals surface area (Å²) >= 11 is 0. The van der Waals surface area contributed by atoms with Crippen LogP contribution in [-0.4, -0.2) is 19.3 Å². The molecule has 0 bridgehead atoms. The van der Waals surface area contributed by atoms with Gasteiger partial charge in [-0.3, -0.25) is 0 Å². The SMILES string of the molecule is CCCC[C@@](C)(N)COC. The van der Waals surface area contributed by atoms with Crippen LogP contribution in [0, 0.1) is 0 Å². The van der Waals surface area contributed by atoms with Crippen LogP contribution in [0.25, 0.3) is 0 Å². The van der Waals surface area contributed by atoms with Gasteiger partial charge in [0.25, 0.3) is 0 Å². The Labute approximate surface area is 63.7 Å². The van der Waals surface area contributed by atoms with Gasteiger partial charge in [0.05, 0.1) is 6.61 Å². The van der Waals surface area contributed by atoms with Crippen molar-refractivity contribution in [1.82, 2.24) is 0 Å². The zero-order valence-corrected chi connectivity index (χ0v) is 7.31. The Kier molecular flexibility index (Phi) is 4.65.